The number of carbonyl (C=O) groups excluding carboxylic acids is 1. The van der Waals surface area contributed by atoms with Gasteiger partial charge in [-0.25, -0.2) is 8.78 Å². The average Bonchev–Trinajstić information content (AvgIpc) is 2.55. The van der Waals surface area contributed by atoms with Crippen LogP contribution in [0.3, 0.4) is 0 Å². The zero-order valence-electron chi connectivity index (χ0n) is 11.9. The van der Waals surface area contributed by atoms with Crippen molar-refractivity contribution >= 4 is 5.91 Å². The molecule has 2 N–H and O–H groups in total. The molecule has 0 saturated carbocycles. The van der Waals surface area contributed by atoms with Gasteiger partial charge in [-0.15, -0.1) is 0 Å². The molecule has 0 radical (unpaired) electrons. The van der Waals surface area contributed by atoms with E-state index < -0.39 is 23.6 Å². The van der Waals surface area contributed by atoms with Crippen LogP contribution in [-0.4, -0.2) is 18.6 Å². The predicted octanol–water partition coefficient (Wildman–Crippen LogP) is 2.17. The van der Waals surface area contributed by atoms with E-state index in [4.69, 9.17) is 19.9 Å². The maximum absolute atomic E-state index is 13.1. The molecule has 0 fully saturated rings. The number of halogens is 2. The quantitative estimate of drug-likeness (QED) is 0.937. The van der Waals surface area contributed by atoms with Crippen LogP contribution in [0.2, 0.25) is 0 Å². The van der Waals surface area contributed by atoms with Gasteiger partial charge in [0.2, 0.25) is 6.10 Å². The summed E-state index contributed by atoms with van der Waals surface area (Å²) in [6, 6.07) is 8.36. The first kappa shape index (κ1) is 15.1. The fourth-order valence-electron chi connectivity index (χ4n) is 2.08. The zero-order valence-corrected chi connectivity index (χ0v) is 11.9. The Bertz CT molecular complexity index is 751. The predicted molar refractivity (Wildman–Crippen MR) is 76.2 cm³/mol. The van der Waals surface area contributed by atoms with Crippen LogP contribution in [0.4, 0.5) is 8.78 Å². The lowest BCUT2D eigenvalue weighted by Gasteiger charge is -2.24. The molecule has 1 atom stereocenters. The Labute approximate surface area is 130 Å². The molecule has 7 heteroatoms. The van der Waals surface area contributed by atoms with E-state index in [0.717, 1.165) is 12.1 Å². The number of amides is 1. The van der Waals surface area contributed by atoms with Crippen molar-refractivity contribution in [3.8, 4) is 17.2 Å². The molecule has 0 unspecified atom stereocenters. The third-order valence-electron chi connectivity index (χ3n) is 3.28. The highest BCUT2D eigenvalue weighted by atomic mass is 19.2. The second-order valence-electron chi connectivity index (χ2n) is 4.97. The van der Waals surface area contributed by atoms with Gasteiger partial charge in [0.1, 0.15) is 19.0 Å². The summed E-state index contributed by atoms with van der Waals surface area (Å²) >= 11 is 0. The molecule has 1 amide bonds. The van der Waals surface area contributed by atoms with Gasteiger partial charge in [-0.05, 0) is 29.8 Å². The first-order valence-electron chi connectivity index (χ1n) is 6.82. The Balaban J connectivity index is 1.70. The molecule has 5 nitrogen and oxygen atoms in total. The summed E-state index contributed by atoms with van der Waals surface area (Å²) in [5.74, 6) is -1.22. The summed E-state index contributed by atoms with van der Waals surface area (Å²) < 4.78 is 42.3. The van der Waals surface area contributed by atoms with Gasteiger partial charge in [0.05, 0.1) is 0 Å². The molecule has 0 saturated heterocycles. The van der Waals surface area contributed by atoms with Gasteiger partial charge in [0.15, 0.2) is 23.1 Å². The minimum absolute atomic E-state index is 0.0517. The minimum atomic E-state index is -0.933. The van der Waals surface area contributed by atoms with E-state index in [-0.39, 0.29) is 13.2 Å². The fraction of sp³-hybridized carbons (Fsp3) is 0.188. The lowest BCUT2D eigenvalue weighted by atomic mass is 10.2. The smallest absolute Gasteiger partial charge is 0.262 e. The van der Waals surface area contributed by atoms with Crippen LogP contribution in [0.5, 0.6) is 17.2 Å². The highest BCUT2D eigenvalue weighted by Gasteiger charge is 2.25. The minimum Gasteiger partial charge on any atom is -0.489 e. The third-order valence-corrected chi connectivity index (χ3v) is 3.28. The van der Waals surface area contributed by atoms with Gasteiger partial charge in [0.25, 0.3) is 5.91 Å². The average molecular weight is 321 g/mol. The van der Waals surface area contributed by atoms with Gasteiger partial charge in [0, 0.05) is 6.07 Å². The number of nitrogens with two attached hydrogens (primary N) is 1. The second kappa shape index (κ2) is 6.12. The largest absolute Gasteiger partial charge is 0.489 e. The van der Waals surface area contributed by atoms with Crippen LogP contribution in [-0.2, 0) is 11.4 Å². The number of primary amides is 1. The molecule has 3 rings (SSSR count). The summed E-state index contributed by atoms with van der Waals surface area (Å²) in [6.45, 7) is 0.105. The number of benzene rings is 2. The van der Waals surface area contributed by atoms with Crippen molar-refractivity contribution in [3.05, 3.63) is 53.6 Å². The Morgan fingerprint density at radius 3 is 2.74 bits per heavy atom. The zero-order chi connectivity index (χ0) is 16.4. The number of ether oxygens (including phenoxy) is 3. The summed E-state index contributed by atoms with van der Waals surface area (Å²) in [5, 5.41) is 0. The molecular formula is C16H13F2NO4. The van der Waals surface area contributed by atoms with E-state index in [0.29, 0.717) is 22.8 Å². The summed E-state index contributed by atoms with van der Waals surface area (Å²) in [5.41, 5.74) is 5.66. The first-order valence-corrected chi connectivity index (χ1v) is 6.82. The number of rotatable bonds is 4. The van der Waals surface area contributed by atoms with Gasteiger partial charge in [-0.1, -0.05) is 6.07 Å². The van der Waals surface area contributed by atoms with Crippen molar-refractivity contribution in [1.82, 2.24) is 0 Å². The molecule has 0 bridgehead atoms. The molecule has 120 valence electrons. The molecule has 1 aliphatic heterocycles. The van der Waals surface area contributed by atoms with Crippen molar-refractivity contribution in [2.24, 2.45) is 5.73 Å². The summed E-state index contributed by atoms with van der Waals surface area (Å²) in [7, 11) is 0. The van der Waals surface area contributed by atoms with Crippen molar-refractivity contribution in [3.63, 3.8) is 0 Å². The van der Waals surface area contributed by atoms with Gasteiger partial charge >= 0.3 is 0 Å². The van der Waals surface area contributed by atoms with Crippen LogP contribution in [0.25, 0.3) is 0 Å². The van der Waals surface area contributed by atoms with Crippen molar-refractivity contribution in [2.75, 3.05) is 6.61 Å². The summed E-state index contributed by atoms with van der Waals surface area (Å²) in [6.07, 6.45) is -0.857. The van der Waals surface area contributed by atoms with E-state index in [1.165, 1.54) is 6.07 Å². The molecule has 23 heavy (non-hydrogen) atoms. The highest BCUT2D eigenvalue weighted by molar-refractivity contribution is 5.79. The van der Waals surface area contributed by atoms with Crippen LogP contribution in [0.15, 0.2) is 36.4 Å². The Morgan fingerprint density at radius 2 is 2.00 bits per heavy atom. The van der Waals surface area contributed by atoms with Crippen molar-refractivity contribution in [2.45, 2.75) is 12.7 Å². The van der Waals surface area contributed by atoms with Gasteiger partial charge in [-0.2, -0.15) is 0 Å². The monoisotopic (exact) mass is 321 g/mol. The van der Waals surface area contributed by atoms with Gasteiger partial charge < -0.3 is 19.9 Å². The fourth-order valence-corrected chi connectivity index (χ4v) is 2.08. The molecule has 2 aromatic rings. The van der Waals surface area contributed by atoms with E-state index in [1.54, 1.807) is 18.2 Å². The van der Waals surface area contributed by atoms with Crippen LogP contribution >= 0.6 is 0 Å². The lowest BCUT2D eigenvalue weighted by molar-refractivity contribution is -0.127. The molecular weight excluding hydrogens is 308 g/mol. The van der Waals surface area contributed by atoms with E-state index >= 15 is 0 Å². The third kappa shape index (κ3) is 3.33. The molecule has 0 aromatic heterocycles. The van der Waals surface area contributed by atoms with Crippen LogP contribution in [0.1, 0.15) is 5.56 Å². The van der Waals surface area contributed by atoms with Crippen LogP contribution in [0, 0.1) is 11.6 Å². The number of fused-ring (bicyclic) bond motifs is 1. The Kier molecular flexibility index (Phi) is 4.01. The first-order chi connectivity index (χ1) is 11.0. The van der Waals surface area contributed by atoms with E-state index in [9.17, 15) is 13.6 Å². The lowest BCUT2D eigenvalue weighted by Crippen LogP contribution is -2.40. The van der Waals surface area contributed by atoms with E-state index in [2.05, 4.69) is 0 Å². The second-order valence-corrected chi connectivity index (χ2v) is 4.97. The van der Waals surface area contributed by atoms with Crippen molar-refractivity contribution < 1.29 is 27.8 Å². The standard InChI is InChI=1S/C16H13F2NO4/c17-11-3-1-9(5-12(11)18)7-21-10-2-4-13-14(6-10)23-15(8-22-13)16(19)20/h1-6,15H,7-8H2,(H2,19,20)/t15-/m1/s1. The molecule has 0 spiro atoms. The molecule has 2 aromatic carbocycles. The normalized spacial score (nSPS) is 16.0. The molecule has 1 aliphatic rings. The van der Waals surface area contributed by atoms with Gasteiger partial charge in [-0.3, -0.25) is 4.79 Å². The number of hydrogen-bond donors (Lipinski definition) is 1. The van der Waals surface area contributed by atoms with Crippen LogP contribution < -0.4 is 19.9 Å². The molecule has 0 aliphatic carbocycles. The summed E-state index contributed by atoms with van der Waals surface area (Å²) in [4.78, 5) is 11.1. The van der Waals surface area contributed by atoms with E-state index in [1.807, 2.05) is 0 Å². The Morgan fingerprint density at radius 1 is 1.17 bits per heavy atom. The highest BCUT2D eigenvalue weighted by Crippen LogP contribution is 2.35. The topological polar surface area (TPSA) is 70.8 Å². The maximum Gasteiger partial charge on any atom is 0.262 e. The van der Waals surface area contributed by atoms with Crippen molar-refractivity contribution in [1.29, 1.82) is 0 Å². The Hall–Kier alpha value is -2.83. The number of hydrogen-bond acceptors (Lipinski definition) is 4. The SMILES string of the molecule is NC(=O)[C@H]1COc2ccc(OCc3ccc(F)c(F)c3)cc2O1. The number of carbonyl (C=O) groups is 1. The molecule has 1 heterocycles. The maximum atomic E-state index is 13.1.